The zero-order chi connectivity index (χ0) is 8.81. The first kappa shape index (κ1) is 9.19. The maximum Gasteiger partial charge on any atom is 0.184 e. The summed E-state index contributed by atoms with van der Waals surface area (Å²) in [5, 5.41) is 4.14. The molecular weight excluding hydrogens is 170 g/mol. The van der Waals surface area contributed by atoms with Crippen LogP contribution in [0.25, 0.3) is 0 Å². The molecule has 12 heavy (non-hydrogen) atoms. The van der Waals surface area contributed by atoms with Gasteiger partial charge in [0, 0.05) is 6.21 Å². The van der Waals surface area contributed by atoms with Gasteiger partial charge in [-0.1, -0.05) is 12.2 Å². The summed E-state index contributed by atoms with van der Waals surface area (Å²) in [6, 6.07) is 0. The van der Waals surface area contributed by atoms with Crippen molar-refractivity contribution >= 4 is 23.5 Å². The molecule has 1 rings (SSSR count). The van der Waals surface area contributed by atoms with Crippen molar-refractivity contribution in [1.82, 2.24) is 5.43 Å². The molecule has 0 saturated heterocycles. The highest BCUT2D eigenvalue weighted by Gasteiger charge is 2.05. The minimum absolute atomic E-state index is 0.220. The van der Waals surface area contributed by atoms with Gasteiger partial charge in [-0.25, -0.2) is 0 Å². The molecule has 3 N–H and O–H groups in total. The van der Waals surface area contributed by atoms with E-state index in [1.54, 1.807) is 0 Å². The van der Waals surface area contributed by atoms with Gasteiger partial charge in [-0.05, 0) is 37.4 Å². The second-order valence-electron chi connectivity index (χ2n) is 2.80. The van der Waals surface area contributed by atoms with Gasteiger partial charge in [-0.15, -0.1) is 0 Å². The first-order valence-electron chi connectivity index (χ1n) is 4.02. The van der Waals surface area contributed by atoms with Crippen molar-refractivity contribution in [2.24, 2.45) is 16.8 Å². The topological polar surface area (TPSA) is 50.4 Å². The molecule has 3 nitrogen and oxygen atoms in total. The lowest BCUT2D eigenvalue weighted by molar-refractivity contribution is 0.624. The number of nitrogens with two attached hydrogens (primary N) is 1. The van der Waals surface area contributed by atoms with E-state index in [2.05, 4.69) is 34.9 Å². The highest BCUT2D eigenvalue weighted by molar-refractivity contribution is 7.80. The van der Waals surface area contributed by atoms with E-state index in [1.165, 1.54) is 6.42 Å². The van der Waals surface area contributed by atoms with Gasteiger partial charge in [0.2, 0.25) is 0 Å². The average molecular weight is 183 g/mol. The second-order valence-corrected chi connectivity index (χ2v) is 3.24. The smallest absolute Gasteiger partial charge is 0.184 e. The zero-order valence-corrected chi connectivity index (χ0v) is 7.68. The SMILES string of the molecule is NC(=S)NN=CC1CC=CCC1. The van der Waals surface area contributed by atoms with Crippen LogP contribution in [0, 0.1) is 5.92 Å². The Morgan fingerprint density at radius 3 is 3.08 bits per heavy atom. The molecule has 0 saturated carbocycles. The Morgan fingerprint density at radius 2 is 2.50 bits per heavy atom. The summed E-state index contributed by atoms with van der Waals surface area (Å²) in [4.78, 5) is 0. The van der Waals surface area contributed by atoms with E-state index in [0.717, 1.165) is 12.8 Å². The Hall–Kier alpha value is -0.900. The highest BCUT2D eigenvalue weighted by atomic mass is 32.1. The van der Waals surface area contributed by atoms with Crippen LogP contribution in [0.5, 0.6) is 0 Å². The Kier molecular flexibility index (Phi) is 3.73. The molecule has 0 heterocycles. The van der Waals surface area contributed by atoms with Crippen LogP contribution in [0.3, 0.4) is 0 Å². The van der Waals surface area contributed by atoms with Crippen LogP contribution in [0.4, 0.5) is 0 Å². The summed E-state index contributed by atoms with van der Waals surface area (Å²) >= 11 is 4.60. The number of hydrogen-bond donors (Lipinski definition) is 2. The van der Waals surface area contributed by atoms with Crippen molar-refractivity contribution in [2.45, 2.75) is 19.3 Å². The molecule has 0 spiro atoms. The summed E-state index contributed by atoms with van der Waals surface area (Å²) in [5.41, 5.74) is 7.75. The quantitative estimate of drug-likeness (QED) is 0.292. The van der Waals surface area contributed by atoms with Crippen LogP contribution in [-0.2, 0) is 0 Å². The first-order chi connectivity index (χ1) is 5.79. The Bertz CT molecular complexity index is 210. The fourth-order valence-electron chi connectivity index (χ4n) is 1.16. The molecule has 1 atom stereocenters. The largest absolute Gasteiger partial charge is 0.375 e. The van der Waals surface area contributed by atoms with Gasteiger partial charge < -0.3 is 5.73 Å². The monoisotopic (exact) mass is 183 g/mol. The lowest BCUT2D eigenvalue weighted by Crippen LogP contribution is -2.24. The van der Waals surface area contributed by atoms with E-state index >= 15 is 0 Å². The minimum atomic E-state index is 0.220. The van der Waals surface area contributed by atoms with Gasteiger partial charge >= 0.3 is 0 Å². The van der Waals surface area contributed by atoms with Crippen molar-refractivity contribution < 1.29 is 0 Å². The normalized spacial score (nSPS) is 22.8. The fourth-order valence-corrected chi connectivity index (χ4v) is 1.21. The molecule has 0 fully saturated rings. The number of thiocarbonyl (C=S) groups is 1. The van der Waals surface area contributed by atoms with E-state index in [9.17, 15) is 0 Å². The van der Waals surface area contributed by atoms with Crippen LogP contribution >= 0.6 is 12.2 Å². The van der Waals surface area contributed by atoms with Crippen LogP contribution < -0.4 is 11.2 Å². The van der Waals surface area contributed by atoms with Crippen molar-refractivity contribution in [3.05, 3.63) is 12.2 Å². The maximum absolute atomic E-state index is 5.20. The molecule has 66 valence electrons. The van der Waals surface area contributed by atoms with Gasteiger partial charge in [0.15, 0.2) is 5.11 Å². The van der Waals surface area contributed by atoms with Crippen molar-refractivity contribution in [3.63, 3.8) is 0 Å². The van der Waals surface area contributed by atoms with Crippen LogP contribution in [0.2, 0.25) is 0 Å². The van der Waals surface area contributed by atoms with E-state index in [0.29, 0.717) is 5.92 Å². The van der Waals surface area contributed by atoms with E-state index in [4.69, 9.17) is 5.73 Å². The van der Waals surface area contributed by atoms with E-state index < -0.39 is 0 Å². The Morgan fingerprint density at radius 1 is 1.67 bits per heavy atom. The van der Waals surface area contributed by atoms with Gasteiger partial charge in [-0.2, -0.15) is 5.10 Å². The van der Waals surface area contributed by atoms with Crippen LogP contribution in [0.1, 0.15) is 19.3 Å². The maximum atomic E-state index is 5.20. The summed E-state index contributed by atoms with van der Waals surface area (Å²) in [7, 11) is 0. The molecule has 1 unspecified atom stereocenters. The second kappa shape index (κ2) is 4.87. The number of hydrazone groups is 1. The molecule has 0 radical (unpaired) electrons. The zero-order valence-electron chi connectivity index (χ0n) is 6.86. The molecule has 0 bridgehead atoms. The average Bonchev–Trinajstić information content (AvgIpc) is 2.05. The number of rotatable bonds is 2. The van der Waals surface area contributed by atoms with E-state index in [1.807, 2.05) is 6.21 Å². The molecule has 0 aromatic carbocycles. The third-order valence-electron chi connectivity index (χ3n) is 1.77. The van der Waals surface area contributed by atoms with Crippen LogP contribution in [-0.4, -0.2) is 11.3 Å². The number of hydrogen-bond acceptors (Lipinski definition) is 2. The summed E-state index contributed by atoms with van der Waals surface area (Å²) in [5.74, 6) is 0.539. The third-order valence-corrected chi connectivity index (χ3v) is 1.86. The highest BCUT2D eigenvalue weighted by Crippen LogP contribution is 2.15. The molecule has 0 aliphatic heterocycles. The summed E-state index contributed by atoms with van der Waals surface area (Å²) < 4.78 is 0. The number of allylic oxidation sites excluding steroid dienone is 2. The van der Waals surface area contributed by atoms with Crippen molar-refractivity contribution in [3.8, 4) is 0 Å². The minimum Gasteiger partial charge on any atom is -0.375 e. The molecule has 1 aliphatic rings. The third kappa shape index (κ3) is 3.48. The van der Waals surface area contributed by atoms with Gasteiger partial charge in [0.1, 0.15) is 0 Å². The molecule has 1 aliphatic carbocycles. The Balaban J connectivity index is 2.25. The molecule has 0 aromatic heterocycles. The molecule has 0 amide bonds. The van der Waals surface area contributed by atoms with Gasteiger partial charge in [0.25, 0.3) is 0 Å². The first-order valence-corrected chi connectivity index (χ1v) is 4.43. The summed E-state index contributed by atoms with van der Waals surface area (Å²) in [6.07, 6.45) is 9.64. The fraction of sp³-hybridized carbons (Fsp3) is 0.500. The number of nitrogens with one attached hydrogen (secondary N) is 1. The standard InChI is InChI=1S/C8H13N3S/c9-8(12)11-10-6-7-4-2-1-3-5-7/h1-2,6-7H,3-5H2,(H3,9,11,12). The summed E-state index contributed by atoms with van der Waals surface area (Å²) in [6.45, 7) is 0. The van der Waals surface area contributed by atoms with Gasteiger partial charge in [-0.3, -0.25) is 5.43 Å². The predicted octanol–water partition coefficient (Wildman–Crippen LogP) is 1.16. The lowest BCUT2D eigenvalue weighted by atomic mass is 9.96. The lowest BCUT2D eigenvalue weighted by Gasteiger charge is -2.11. The Labute approximate surface area is 77.7 Å². The van der Waals surface area contributed by atoms with Crippen LogP contribution in [0.15, 0.2) is 17.3 Å². The number of nitrogens with zero attached hydrogens (tertiary/aromatic N) is 1. The molecular formula is C8H13N3S. The molecule has 0 aromatic rings. The molecule has 4 heteroatoms. The predicted molar refractivity (Wildman–Crippen MR) is 54.9 cm³/mol. The van der Waals surface area contributed by atoms with Gasteiger partial charge in [0.05, 0.1) is 0 Å². The van der Waals surface area contributed by atoms with Crippen molar-refractivity contribution in [2.75, 3.05) is 0 Å². The van der Waals surface area contributed by atoms with Crippen molar-refractivity contribution in [1.29, 1.82) is 0 Å². The van der Waals surface area contributed by atoms with E-state index in [-0.39, 0.29) is 5.11 Å².